The van der Waals surface area contributed by atoms with Gasteiger partial charge in [-0.25, -0.2) is 4.39 Å². The maximum absolute atomic E-state index is 13.3. The van der Waals surface area contributed by atoms with Gasteiger partial charge in [0.1, 0.15) is 11.6 Å². The normalized spacial score (nSPS) is 18.5. The number of halogens is 1. The Hall–Kier alpha value is -1.46. The molecule has 0 radical (unpaired) electrons. The second-order valence-corrected chi connectivity index (χ2v) is 5.10. The van der Waals surface area contributed by atoms with Crippen LogP contribution in [0.4, 0.5) is 4.39 Å². The molecule has 2 rings (SSSR count). The molecule has 0 saturated carbocycles. The summed E-state index contributed by atoms with van der Waals surface area (Å²) in [5, 5.41) is 0. The number of hydrogen-bond donors (Lipinski definition) is 0. The van der Waals surface area contributed by atoms with Crippen LogP contribution >= 0.6 is 0 Å². The zero-order valence-electron chi connectivity index (χ0n) is 11.9. The third-order valence-electron chi connectivity index (χ3n) is 3.41. The third kappa shape index (κ3) is 3.77. The predicted molar refractivity (Wildman–Crippen MR) is 73.8 cm³/mol. The zero-order valence-corrected chi connectivity index (χ0v) is 11.9. The van der Waals surface area contributed by atoms with E-state index in [9.17, 15) is 9.18 Å². The first kappa shape index (κ1) is 14.9. The standard InChI is InChI=1S/C15H20FNO3/c1-17(9-12-4-3-7-20-12)10-14(18)13-8-11(16)5-6-15(13)19-2/h5-6,8,12H,3-4,7,9-10H2,1-2H3. The maximum atomic E-state index is 13.3. The number of likely N-dealkylation sites (N-methyl/N-ethyl adjacent to an activating group) is 1. The molecule has 1 atom stereocenters. The van der Waals surface area contributed by atoms with Crippen LogP contribution < -0.4 is 4.74 Å². The molecule has 1 aliphatic rings. The van der Waals surface area contributed by atoms with Gasteiger partial charge in [-0.15, -0.1) is 0 Å². The van der Waals surface area contributed by atoms with Crippen LogP contribution in [0.1, 0.15) is 23.2 Å². The molecular formula is C15H20FNO3. The predicted octanol–water partition coefficient (Wildman–Crippen LogP) is 2.13. The van der Waals surface area contributed by atoms with E-state index in [1.54, 1.807) is 0 Å². The molecule has 0 spiro atoms. The summed E-state index contributed by atoms with van der Waals surface area (Å²) in [6.45, 7) is 1.73. The molecule has 1 saturated heterocycles. The molecule has 0 N–H and O–H groups in total. The van der Waals surface area contributed by atoms with Gasteiger partial charge in [-0.2, -0.15) is 0 Å². The molecule has 1 aliphatic heterocycles. The summed E-state index contributed by atoms with van der Waals surface area (Å²) in [6.07, 6.45) is 2.30. The quantitative estimate of drug-likeness (QED) is 0.749. The van der Waals surface area contributed by atoms with E-state index in [2.05, 4.69) is 0 Å². The van der Waals surface area contributed by atoms with E-state index >= 15 is 0 Å². The van der Waals surface area contributed by atoms with Gasteiger partial charge >= 0.3 is 0 Å². The Morgan fingerprint density at radius 2 is 2.35 bits per heavy atom. The minimum Gasteiger partial charge on any atom is -0.496 e. The molecule has 110 valence electrons. The lowest BCUT2D eigenvalue weighted by Crippen LogP contribution is -2.33. The highest BCUT2D eigenvalue weighted by Crippen LogP contribution is 2.20. The number of ether oxygens (including phenoxy) is 2. The molecule has 0 bridgehead atoms. The van der Waals surface area contributed by atoms with Gasteiger partial charge in [0, 0.05) is 13.2 Å². The Morgan fingerprint density at radius 3 is 3.00 bits per heavy atom. The number of carbonyl (C=O) groups is 1. The Balaban J connectivity index is 1.98. The van der Waals surface area contributed by atoms with Crippen molar-refractivity contribution in [3.8, 4) is 5.75 Å². The number of hydrogen-bond acceptors (Lipinski definition) is 4. The molecule has 1 aromatic rings. The van der Waals surface area contributed by atoms with Crippen LogP contribution in [0.2, 0.25) is 0 Å². The fourth-order valence-electron chi connectivity index (χ4n) is 2.43. The second-order valence-electron chi connectivity index (χ2n) is 5.10. The SMILES string of the molecule is COc1ccc(F)cc1C(=O)CN(C)CC1CCCO1. The van der Waals surface area contributed by atoms with Crippen molar-refractivity contribution in [1.29, 1.82) is 0 Å². The molecule has 20 heavy (non-hydrogen) atoms. The largest absolute Gasteiger partial charge is 0.496 e. The van der Waals surface area contributed by atoms with Crippen LogP contribution in [-0.4, -0.2) is 50.6 Å². The Labute approximate surface area is 118 Å². The number of carbonyl (C=O) groups excluding carboxylic acids is 1. The molecule has 0 amide bonds. The molecule has 5 heteroatoms. The Bertz CT molecular complexity index is 472. The van der Waals surface area contributed by atoms with Crippen LogP contribution in [0.15, 0.2) is 18.2 Å². The summed E-state index contributed by atoms with van der Waals surface area (Å²) in [5.74, 6) is -0.181. The Kier molecular flexibility index (Phi) is 5.09. The van der Waals surface area contributed by atoms with Gasteiger partial charge in [0.2, 0.25) is 0 Å². The van der Waals surface area contributed by atoms with Crippen molar-refractivity contribution < 1.29 is 18.7 Å². The van der Waals surface area contributed by atoms with E-state index in [4.69, 9.17) is 9.47 Å². The topological polar surface area (TPSA) is 38.8 Å². The number of rotatable bonds is 6. The van der Waals surface area contributed by atoms with Crippen LogP contribution in [0.5, 0.6) is 5.75 Å². The summed E-state index contributed by atoms with van der Waals surface area (Å²) in [6, 6.07) is 3.98. The third-order valence-corrected chi connectivity index (χ3v) is 3.41. The number of Topliss-reactive ketones (excluding diaryl/α,β-unsaturated/α-hetero) is 1. The maximum Gasteiger partial charge on any atom is 0.180 e. The number of benzene rings is 1. The fourth-order valence-corrected chi connectivity index (χ4v) is 2.43. The lowest BCUT2D eigenvalue weighted by atomic mass is 10.1. The summed E-state index contributed by atoms with van der Waals surface area (Å²) in [7, 11) is 3.34. The first-order valence-electron chi connectivity index (χ1n) is 6.77. The van der Waals surface area contributed by atoms with Crippen molar-refractivity contribution in [3.63, 3.8) is 0 Å². The van der Waals surface area contributed by atoms with Gasteiger partial charge < -0.3 is 9.47 Å². The Morgan fingerprint density at radius 1 is 1.55 bits per heavy atom. The van der Waals surface area contributed by atoms with Crippen molar-refractivity contribution in [3.05, 3.63) is 29.6 Å². The summed E-state index contributed by atoms with van der Waals surface area (Å²) in [4.78, 5) is 14.1. The molecule has 1 heterocycles. The van der Waals surface area contributed by atoms with Crippen LogP contribution in [0.25, 0.3) is 0 Å². The molecule has 1 aromatic carbocycles. The van der Waals surface area contributed by atoms with Gasteiger partial charge in [0.05, 0.1) is 25.3 Å². The summed E-state index contributed by atoms with van der Waals surface area (Å²) < 4.78 is 23.9. The summed E-state index contributed by atoms with van der Waals surface area (Å²) in [5.41, 5.74) is 0.284. The monoisotopic (exact) mass is 281 g/mol. The van der Waals surface area contributed by atoms with Crippen molar-refractivity contribution >= 4 is 5.78 Å². The van der Waals surface area contributed by atoms with E-state index in [1.165, 1.54) is 25.3 Å². The van der Waals surface area contributed by atoms with E-state index in [-0.39, 0.29) is 24.0 Å². The minimum absolute atomic E-state index is 0.151. The molecule has 0 aliphatic carbocycles. The van der Waals surface area contributed by atoms with Gasteiger partial charge in [-0.1, -0.05) is 0 Å². The molecule has 1 fully saturated rings. The van der Waals surface area contributed by atoms with Crippen molar-refractivity contribution in [2.24, 2.45) is 0 Å². The van der Waals surface area contributed by atoms with Crippen molar-refractivity contribution in [2.75, 3.05) is 33.9 Å². The molecule has 0 aromatic heterocycles. The van der Waals surface area contributed by atoms with Crippen molar-refractivity contribution in [1.82, 2.24) is 4.90 Å². The number of methoxy groups -OCH3 is 1. The van der Waals surface area contributed by atoms with Crippen LogP contribution in [0, 0.1) is 5.82 Å². The van der Waals surface area contributed by atoms with E-state index in [0.29, 0.717) is 12.3 Å². The summed E-state index contributed by atoms with van der Waals surface area (Å²) >= 11 is 0. The van der Waals surface area contributed by atoms with Gasteiger partial charge in [0.25, 0.3) is 0 Å². The smallest absolute Gasteiger partial charge is 0.180 e. The lowest BCUT2D eigenvalue weighted by molar-refractivity contribution is 0.0739. The lowest BCUT2D eigenvalue weighted by Gasteiger charge is -2.20. The number of ketones is 1. The average molecular weight is 281 g/mol. The molecule has 4 nitrogen and oxygen atoms in total. The average Bonchev–Trinajstić information content (AvgIpc) is 2.91. The van der Waals surface area contributed by atoms with Crippen LogP contribution in [0.3, 0.4) is 0 Å². The van der Waals surface area contributed by atoms with Gasteiger partial charge in [-0.3, -0.25) is 9.69 Å². The zero-order chi connectivity index (χ0) is 14.5. The molecular weight excluding hydrogens is 261 g/mol. The first-order chi connectivity index (χ1) is 9.60. The number of nitrogens with zero attached hydrogens (tertiary/aromatic N) is 1. The molecule has 1 unspecified atom stereocenters. The highest BCUT2D eigenvalue weighted by atomic mass is 19.1. The van der Waals surface area contributed by atoms with E-state index in [1.807, 2.05) is 11.9 Å². The minimum atomic E-state index is -0.434. The van der Waals surface area contributed by atoms with Gasteiger partial charge in [-0.05, 0) is 38.1 Å². The highest BCUT2D eigenvalue weighted by Gasteiger charge is 2.20. The van der Waals surface area contributed by atoms with E-state index in [0.717, 1.165) is 19.4 Å². The highest BCUT2D eigenvalue weighted by molar-refractivity contribution is 6.00. The van der Waals surface area contributed by atoms with Crippen LogP contribution in [-0.2, 0) is 4.74 Å². The fraction of sp³-hybridized carbons (Fsp3) is 0.533. The van der Waals surface area contributed by atoms with Gasteiger partial charge in [0.15, 0.2) is 5.78 Å². The first-order valence-corrected chi connectivity index (χ1v) is 6.77. The second kappa shape index (κ2) is 6.81. The van der Waals surface area contributed by atoms with E-state index < -0.39 is 5.82 Å². The van der Waals surface area contributed by atoms with Crippen molar-refractivity contribution in [2.45, 2.75) is 18.9 Å².